The highest BCUT2D eigenvalue weighted by molar-refractivity contribution is 4.88. The standard InChI is InChI=1S/C11H22FN3/c12-11(3-7-14-8-4-11)9-15-10-1-5-13-6-2-10/h10,13-15H,1-9H2. The predicted octanol–water partition coefficient (Wildman–Crippen LogP) is 0.420. The first-order chi connectivity index (χ1) is 7.29. The second-order valence-electron chi connectivity index (χ2n) is 4.81. The minimum atomic E-state index is -0.962. The zero-order valence-corrected chi connectivity index (χ0v) is 9.32. The summed E-state index contributed by atoms with van der Waals surface area (Å²) in [5, 5.41) is 9.91. The molecule has 0 unspecified atom stereocenters. The van der Waals surface area contributed by atoms with E-state index < -0.39 is 5.67 Å². The minimum absolute atomic E-state index is 0.522. The summed E-state index contributed by atoms with van der Waals surface area (Å²) in [6.07, 6.45) is 3.58. The van der Waals surface area contributed by atoms with E-state index in [-0.39, 0.29) is 0 Å². The maximum atomic E-state index is 14.2. The average molecular weight is 215 g/mol. The molecule has 15 heavy (non-hydrogen) atoms. The van der Waals surface area contributed by atoms with Crippen molar-refractivity contribution in [3.8, 4) is 0 Å². The molecule has 0 saturated carbocycles. The number of nitrogens with one attached hydrogen (secondary N) is 3. The van der Waals surface area contributed by atoms with Gasteiger partial charge >= 0.3 is 0 Å². The van der Waals surface area contributed by atoms with Gasteiger partial charge in [-0.25, -0.2) is 4.39 Å². The van der Waals surface area contributed by atoms with Crippen molar-refractivity contribution in [1.82, 2.24) is 16.0 Å². The van der Waals surface area contributed by atoms with Crippen LogP contribution in [0.2, 0.25) is 0 Å². The maximum absolute atomic E-state index is 14.2. The molecule has 0 aliphatic carbocycles. The van der Waals surface area contributed by atoms with Crippen molar-refractivity contribution in [2.45, 2.75) is 37.4 Å². The van der Waals surface area contributed by atoms with Crippen LogP contribution in [0.4, 0.5) is 4.39 Å². The van der Waals surface area contributed by atoms with Crippen molar-refractivity contribution in [3.63, 3.8) is 0 Å². The molecule has 0 aromatic rings. The summed E-state index contributed by atoms with van der Waals surface area (Å²) in [4.78, 5) is 0. The topological polar surface area (TPSA) is 36.1 Å². The van der Waals surface area contributed by atoms with Crippen LogP contribution in [0.5, 0.6) is 0 Å². The van der Waals surface area contributed by atoms with Crippen molar-refractivity contribution in [1.29, 1.82) is 0 Å². The van der Waals surface area contributed by atoms with E-state index in [1.54, 1.807) is 0 Å². The molecule has 0 bridgehead atoms. The molecule has 3 N–H and O–H groups in total. The zero-order chi connectivity index (χ0) is 10.6. The van der Waals surface area contributed by atoms with Crippen LogP contribution in [0, 0.1) is 0 Å². The summed E-state index contributed by atoms with van der Waals surface area (Å²) in [6.45, 7) is 4.32. The molecule has 0 radical (unpaired) electrons. The van der Waals surface area contributed by atoms with Gasteiger partial charge < -0.3 is 16.0 Å². The lowest BCUT2D eigenvalue weighted by atomic mass is 9.93. The van der Waals surface area contributed by atoms with Gasteiger partial charge in [0.15, 0.2) is 0 Å². The van der Waals surface area contributed by atoms with Gasteiger partial charge in [0.2, 0.25) is 0 Å². The third-order valence-electron chi connectivity index (χ3n) is 3.55. The lowest BCUT2D eigenvalue weighted by Crippen LogP contribution is -2.49. The van der Waals surface area contributed by atoms with Crippen LogP contribution in [0.15, 0.2) is 0 Å². The number of hydrogen-bond acceptors (Lipinski definition) is 3. The molecule has 0 aromatic carbocycles. The van der Waals surface area contributed by atoms with Crippen LogP contribution >= 0.6 is 0 Å². The Balaban J connectivity index is 1.70. The largest absolute Gasteiger partial charge is 0.317 e. The normalized spacial score (nSPS) is 27.8. The van der Waals surface area contributed by atoms with Crippen LogP contribution < -0.4 is 16.0 Å². The molecule has 2 saturated heterocycles. The van der Waals surface area contributed by atoms with Gasteiger partial charge in [-0.05, 0) is 51.9 Å². The fraction of sp³-hybridized carbons (Fsp3) is 1.00. The van der Waals surface area contributed by atoms with Crippen LogP contribution in [-0.2, 0) is 0 Å². The second kappa shape index (κ2) is 5.23. The monoisotopic (exact) mass is 215 g/mol. The summed E-state index contributed by atoms with van der Waals surface area (Å²) < 4.78 is 14.2. The number of halogens is 1. The minimum Gasteiger partial charge on any atom is -0.317 e. The molecule has 2 aliphatic rings. The Morgan fingerprint density at radius 1 is 1.07 bits per heavy atom. The van der Waals surface area contributed by atoms with Crippen LogP contribution in [-0.4, -0.2) is 44.4 Å². The van der Waals surface area contributed by atoms with E-state index >= 15 is 0 Å². The fourth-order valence-corrected chi connectivity index (χ4v) is 2.40. The summed E-state index contributed by atoms with van der Waals surface area (Å²) in [7, 11) is 0. The van der Waals surface area contributed by atoms with Gasteiger partial charge in [0.1, 0.15) is 5.67 Å². The summed E-state index contributed by atoms with van der Waals surface area (Å²) in [5.41, 5.74) is -0.962. The Labute approximate surface area is 91.2 Å². The Morgan fingerprint density at radius 3 is 2.33 bits per heavy atom. The second-order valence-corrected chi connectivity index (χ2v) is 4.81. The molecule has 3 nitrogen and oxygen atoms in total. The molecule has 0 atom stereocenters. The highest BCUT2D eigenvalue weighted by Gasteiger charge is 2.32. The van der Waals surface area contributed by atoms with Gasteiger partial charge in [-0.2, -0.15) is 0 Å². The van der Waals surface area contributed by atoms with Crippen molar-refractivity contribution in [2.24, 2.45) is 0 Å². The molecule has 0 spiro atoms. The number of hydrogen-bond donors (Lipinski definition) is 3. The van der Waals surface area contributed by atoms with Gasteiger partial charge in [0.25, 0.3) is 0 Å². The van der Waals surface area contributed by atoms with E-state index in [0.717, 1.165) is 39.0 Å². The summed E-state index contributed by atoms with van der Waals surface area (Å²) in [6, 6.07) is 0.522. The Hall–Kier alpha value is -0.190. The lowest BCUT2D eigenvalue weighted by Gasteiger charge is -2.33. The van der Waals surface area contributed by atoms with Crippen molar-refractivity contribution in [3.05, 3.63) is 0 Å². The first kappa shape index (κ1) is 11.3. The molecule has 2 fully saturated rings. The zero-order valence-electron chi connectivity index (χ0n) is 9.32. The van der Waals surface area contributed by atoms with E-state index in [0.29, 0.717) is 25.4 Å². The number of alkyl halides is 1. The molecule has 88 valence electrons. The van der Waals surface area contributed by atoms with Crippen molar-refractivity contribution in [2.75, 3.05) is 32.7 Å². The molecule has 2 rings (SSSR count). The van der Waals surface area contributed by atoms with Gasteiger partial charge in [0.05, 0.1) is 0 Å². The average Bonchev–Trinajstić information content (AvgIpc) is 2.29. The van der Waals surface area contributed by atoms with E-state index in [1.807, 2.05) is 0 Å². The predicted molar refractivity (Wildman–Crippen MR) is 59.8 cm³/mol. The van der Waals surface area contributed by atoms with Gasteiger partial charge in [-0.3, -0.25) is 0 Å². The molecule has 2 aliphatic heterocycles. The highest BCUT2D eigenvalue weighted by atomic mass is 19.1. The first-order valence-corrected chi connectivity index (χ1v) is 6.12. The number of rotatable bonds is 3. The fourth-order valence-electron chi connectivity index (χ4n) is 2.40. The quantitative estimate of drug-likeness (QED) is 0.638. The Morgan fingerprint density at radius 2 is 1.67 bits per heavy atom. The van der Waals surface area contributed by atoms with Crippen LogP contribution in [0.1, 0.15) is 25.7 Å². The van der Waals surface area contributed by atoms with Gasteiger partial charge in [0, 0.05) is 12.6 Å². The van der Waals surface area contributed by atoms with E-state index in [9.17, 15) is 4.39 Å². The molecule has 4 heteroatoms. The lowest BCUT2D eigenvalue weighted by molar-refractivity contribution is 0.107. The SMILES string of the molecule is FC1(CNC2CCNCC2)CCNCC1. The summed E-state index contributed by atoms with van der Waals surface area (Å²) >= 11 is 0. The maximum Gasteiger partial charge on any atom is 0.125 e. The van der Waals surface area contributed by atoms with Crippen LogP contribution in [0.25, 0.3) is 0 Å². The van der Waals surface area contributed by atoms with Gasteiger partial charge in [-0.15, -0.1) is 0 Å². The summed E-state index contributed by atoms with van der Waals surface area (Å²) in [5.74, 6) is 0. The van der Waals surface area contributed by atoms with Crippen molar-refractivity contribution < 1.29 is 4.39 Å². The Kier molecular flexibility index (Phi) is 3.94. The van der Waals surface area contributed by atoms with E-state index in [4.69, 9.17) is 0 Å². The molecule has 2 heterocycles. The first-order valence-electron chi connectivity index (χ1n) is 6.12. The molecule has 0 amide bonds. The molecular formula is C11H22FN3. The molecule has 0 aromatic heterocycles. The van der Waals surface area contributed by atoms with Gasteiger partial charge in [-0.1, -0.05) is 0 Å². The van der Waals surface area contributed by atoms with Crippen molar-refractivity contribution >= 4 is 0 Å². The number of piperidine rings is 2. The Bertz CT molecular complexity index is 186. The molecular weight excluding hydrogens is 193 g/mol. The third-order valence-corrected chi connectivity index (χ3v) is 3.55. The van der Waals surface area contributed by atoms with E-state index in [1.165, 1.54) is 0 Å². The van der Waals surface area contributed by atoms with Crippen LogP contribution in [0.3, 0.4) is 0 Å². The smallest absolute Gasteiger partial charge is 0.125 e. The third kappa shape index (κ3) is 3.40. The highest BCUT2D eigenvalue weighted by Crippen LogP contribution is 2.22. The van der Waals surface area contributed by atoms with E-state index in [2.05, 4.69) is 16.0 Å².